The fraction of sp³-hybridized carbons (Fsp3) is 0.412. The summed E-state index contributed by atoms with van der Waals surface area (Å²) in [7, 11) is 0. The minimum atomic E-state index is -0.423. The Hall–Kier alpha value is -1.92. The van der Waals surface area contributed by atoms with Gasteiger partial charge in [-0.05, 0) is 31.7 Å². The third-order valence-corrected chi connectivity index (χ3v) is 5.42. The summed E-state index contributed by atoms with van der Waals surface area (Å²) in [5.41, 5.74) is 1.98. The third-order valence-electron chi connectivity index (χ3n) is 4.46. The second-order valence-electron chi connectivity index (χ2n) is 6.15. The lowest BCUT2D eigenvalue weighted by atomic mass is 10.0. The molecule has 0 bridgehead atoms. The molecular weight excluding hydrogens is 308 g/mol. The summed E-state index contributed by atoms with van der Waals surface area (Å²) in [6.45, 7) is 2.98. The van der Waals surface area contributed by atoms with Crippen LogP contribution in [-0.2, 0) is 0 Å². The van der Waals surface area contributed by atoms with Gasteiger partial charge in [-0.3, -0.25) is 0 Å². The minimum absolute atomic E-state index is 0.335. The maximum absolute atomic E-state index is 10.5. The van der Waals surface area contributed by atoms with E-state index in [4.69, 9.17) is 0 Å². The van der Waals surface area contributed by atoms with Gasteiger partial charge >= 0.3 is 0 Å². The van der Waals surface area contributed by atoms with Gasteiger partial charge in [0.1, 0.15) is 0 Å². The largest absolute Gasteiger partial charge is 0.388 e. The molecule has 2 aromatic heterocycles. The van der Waals surface area contributed by atoms with Crippen LogP contribution < -0.4 is 4.90 Å². The van der Waals surface area contributed by atoms with Gasteiger partial charge in [0.25, 0.3) is 0 Å². The SMILES string of the molecule is Cc1cn2nc(N3CCCC3CC(O)c3ccccc3)sc2n1. The van der Waals surface area contributed by atoms with E-state index in [1.165, 1.54) is 0 Å². The van der Waals surface area contributed by atoms with Crippen LogP contribution in [-0.4, -0.2) is 32.3 Å². The zero-order chi connectivity index (χ0) is 15.8. The van der Waals surface area contributed by atoms with Crippen LogP contribution >= 0.6 is 11.3 Å². The van der Waals surface area contributed by atoms with Gasteiger partial charge in [-0.1, -0.05) is 41.7 Å². The van der Waals surface area contributed by atoms with Crippen LogP contribution in [0.5, 0.6) is 0 Å². The Kier molecular flexibility index (Phi) is 3.79. The number of hydrogen-bond donors (Lipinski definition) is 1. The summed E-state index contributed by atoms with van der Waals surface area (Å²) in [4.78, 5) is 7.75. The Morgan fingerprint density at radius 2 is 2.17 bits per heavy atom. The molecule has 0 saturated carbocycles. The number of fused-ring (bicyclic) bond motifs is 1. The van der Waals surface area contributed by atoms with Crippen LogP contribution in [0.25, 0.3) is 4.96 Å². The van der Waals surface area contributed by atoms with Crippen LogP contribution in [0.3, 0.4) is 0 Å². The number of aliphatic hydroxyl groups excluding tert-OH is 1. The number of aryl methyl sites for hydroxylation is 1. The van der Waals surface area contributed by atoms with Crippen molar-refractivity contribution >= 4 is 21.4 Å². The predicted molar refractivity (Wildman–Crippen MR) is 92.0 cm³/mol. The second kappa shape index (κ2) is 5.94. The standard InChI is InChI=1S/C17H20N4OS/c1-12-11-21-16(18-12)23-17(19-21)20-9-5-8-14(20)10-15(22)13-6-3-2-4-7-13/h2-4,6-7,11,14-15,22H,5,8-10H2,1H3. The van der Waals surface area contributed by atoms with Crippen LogP contribution in [0.15, 0.2) is 36.5 Å². The number of anilines is 1. The van der Waals surface area contributed by atoms with Crippen molar-refractivity contribution in [3.8, 4) is 0 Å². The van der Waals surface area contributed by atoms with Gasteiger partial charge in [0.2, 0.25) is 10.1 Å². The quantitative estimate of drug-likeness (QED) is 0.799. The first kappa shape index (κ1) is 14.7. The first-order valence-corrected chi connectivity index (χ1v) is 8.85. The smallest absolute Gasteiger partial charge is 0.214 e. The van der Waals surface area contributed by atoms with E-state index in [-0.39, 0.29) is 0 Å². The summed E-state index contributed by atoms with van der Waals surface area (Å²) in [5, 5.41) is 16.2. The molecule has 0 amide bonds. The monoisotopic (exact) mass is 328 g/mol. The predicted octanol–water partition coefficient (Wildman–Crippen LogP) is 3.19. The van der Waals surface area contributed by atoms with Crippen molar-refractivity contribution in [2.45, 2.75) is 38.3 Å². The normalized spacial score (nSPS) is 19.6. The highest BCUT2D eigenvalue weighted by molar-refractivity contribution is 7.20. The molecule has 6 heteroatoms. The highest BCUT2D eigenvalue weighted by Crippen LogP contribution is 2.33. The maximum Gasteiger partial charge on any atom is 0.214 e. The highest BCUT2D eigenvalue weighted by Gasteiger charge is 2.29. The van der Waals surface area contributed by atoms with Crippen molar-refractivity contribution in [3.05, 3.63) is 47.8 Å². The molecule has 1 aliphatic rings. The molecule has 1 fully saturated rings. The van der Waals surface area contributed by atoms with E-state index in [9.17, 15) is 5.11 Å². The van der Waals surface area contributed by atoms with Gasteiger partial charge in [0.05, 0.1) is 18.0 Å². The molecular formula is C17H20N4OS. The number of hydrogen-bond acceptors (Lipinski definition) is 5. The van der Waals surface area contributed by atoms with E-state index < -0.39 is 6.10 Å². The Morgan fingerprint density at radius 3 is 2.96 bits per heavy atom. The molecule has 3 aromatic rings. The number of nitrogens with zero attached hydrogens (tertiary/aromatic N) is 4. The number of imidazole rings is 1. The summed E-state index contributed by atoms with van der Waals surface area (Å²) in [6, 6.07) is 10.2. The molecule has 0 spiro atoms. The van der Waals surface area contributed by atoms with Gasteiger partial charge in [-0.15, -0.1) is 5.10 Å². The van der Waals surface area contributed by atoms with Crippen LogP contribution in [0, 0.1) is 6.92 Å². The van der Waals surface area contributed by atoms with E-state index in [2.05, 4.69) is 15.0 Å². The van der Waals surface area contributed by atoms with Gasteiger partial charge in [0, 0.05) is 12.6 Å². The summed E-state index contributed by atoms with van der Waals surface area (Å²) < 4.78 is 1.86. The van der Waals surface area contributed by atoms with Gasteiger partial charge in [0.15, 0.2) is 0 Å². The molecule has 2 atom stereocenters. The van der Waals surface area contributed by atoms with Crippen molar-refractivity contribution in [1.29, 1.82) is 0 Å². The maximum atomic E-state index is 10.5. The van der Waals surface area contributed by atoms with Crippen molar-refractivity contribution in [2.75, 3.05) is 11.4 Å². The molecule has 4 rings (SSSR count). The molecule has 1 aliphatic heterocycles. The Morgan fingerprint density at radius 1 is 1.35 bits per heavy atom. The van der Waals surface area contributed by atoms with Gasteiger partial charge < -0.3 is 10.0 Å². The van der Waals surface area contributed by atoms with Crippen LogP contribution in [0.2, 0.25) is 0 Å². The molecule has 1 saturated heterocycles. The van der Waals surface area contributed by atoms with Gasteiger partial charge in [-0.25, -0.2) is 9.50 Å². The second-order valence-corrected chi connectivity index (χ2v) is 7.08. The number of aliphatic hydroxyl groups is 1. The van der Waals surface area contributed by atoms with Crippen molar-refractivity contribution in [2.24, 2.45) is 0 Å². The molecule has 23 heavy (non-hydrogen) atoms. The fourth-order valence-corrected chi connectivity index (χ4v) is 4.34. The third kappa shape index (κ3) is 2.84. The Balaban J connectivity index is 1.53. The molecule has 5 nitrogen and oxygen atoms in total. The van der Waals surface area contributed by atoms with Crippen molar-refractivity contribution in [1.82, 2.24) is 14.6 Å². The molecule has 0 radical (unpaired) electrons. The van der Waals surface area contributed by atoms with E-state index >= 15 is 0 Å². The molecule has 1 aromatic carbocycles. The number of benzene rings is 1. The molecule has 1 N–H and O–H groups in total. The number of rotatable bonds is 4. The van der Waals surface area contributed by atoms with Crippen molar-refractivity contribution in [3.63, 3.8) is 0 Å². The van der Waals surface area contributed by atoms with E-state index in [0.29, 0.717) is 6.04 Å². The minimum Gasteiger partial charge on any atom is -0.388 e. The van der Waals surface area contributed by atoms with E-state index in [1.807, 2.05) is 48.0 Å². The molecule has 0 aliphatic carbocycles. The van der Waals surface area contributed by atoms with Crippen LogP contribution in [0.4, 0.5) is 5.13 Å². The first-order valence-electron chi connectivity index (χ1n) is 8.03. The lowest BCUT2D eigenvalue weighted by Gasteiger charge is -2.25. The summed E-state index contributed by atoms with van der Waals surface area (Å²) in [5.74, 6) is 0. The fourth-order valence-electron chi connectivity index (χ4n) is 3.32. The first-order chi connectivity index (χ1) is 11.2. The highest BCUT2D eigenvalue weighted by atomic mass is 32.1. The zero-order valence-electron chi connectivity index (χ0n) is 13.1. The summed E-state index contributed by atoms with van der Waals surface area (Å²) >= 11 is 1.63. The average molecular weight is 328 g/mol. The molecule has 120 valence electrons. The molecule has 2 unspecified atom stereocenters. The Labute approximate surface area is 139 Å². The van der Waals surface area contributed by atoms with E-state index in [1.54, 1.807) is 11.3 Å². The molecule has 3 heterocycles. The Bertz CT molecular complexity index is 766. The van der Waals surface area contributed by atoms with Crippen molar-refractivity contribution < 1.29 is 5.11 Å². The lowest BCUT2D eigenvalue weighted by molar-refractivity contribution is 0.158. The lowest BCUT2D eigenvalue weighted by Crippen LogP contribution is -2.30. The topological polar surface area (TPSA) is 53.7 Å². The van der Waals surface area contributed by atoms with Crippen LogP contribution in [0.1, 0.15) is 36.6 Å². The summed E-state index contributed by atoms with van der Waals surface area (Å²) in [6.07, 6.45) is 4.52. The van der Waals surface area contributed by atoms with Gasteiger partial charge in [-0.2, -0.15) is 0 Å². The zero-order valence-corrected chi connectivity index (χ0v) is 13.9. The van der Waals surface area contributed by atoms with E-state index in [0.717, 1.165) is 47.2 Å². The number of aromatic nitrogens is 3. The average Bonchev–Trinajstić information content (AvgIpc) is 3.22.